The van der Waals surface area contributed by atoms with Gasteiger partial charge in [-0.2, -0.15) is 0 Å². The van der Waals surface area contributed by atoms with Crippen molar-refractivity contribution in [3.8, 4) is 0 Å². The van der Waals surface area contributed by atoms with E-state index in [1.54, 1.807) is 24.3 Å². The molecule has 0 aliphatic heterocycles. The average Bonchev–Trinajstić information content (AvgIpc) is 2.18. The highest BCUT2D eigenvalue weighted by atomic mass is 16.4. The van der Waals surface area contributed by atoms with Gasteiger partial charge in [0.2, 0.25) is 0 Å². The van der Waals surface area contributed by atoms with Crippen molar-refractivity contribution in [1.29, 1.82) is 0 Å². The lowest BCUT2D eigenvalue weighted by molar-refractivity contribution is -0.165. The van der Waals surface area contributed by atoms with Crippen LogP contribution in [0, 0.1) is 0 Å². The molecule has 1 rings (SSSR count). The summed E-state index contributed by atoms with van der Waals surface area (Å²) in [6.45, 7) is 4.02. The van der Waals surface area contributed by atoms with Gasteiger partial charge in [-0.1, -0.05) is 30.3 Å². The highest BCUT2D eigenvalue weighted by molar-refractivity contribution is 5.85. The Morgan fingerprint density at radius 2 is 1.60 bits per heavy atom. The molecule has 0 aliphatic rings. The predicted octanol–water partition coefficient (Wildman–Crippen LogP) is 1.23. The first-order valence-electron chi connectivity index (χ1n) is 4.81. The van der Waals surface area contributed by atoms with Crippen molar-refractivity contribution in [3.63, 3.8) is 0 Å². The standard InChI is InChI=1S/C12H16O3/c1-9(13)11(2,14)12(3,15)10-7-5-4-6-8-10/h4-8,14-15H,1-3H3/t11-,12-/m1/s1. The molecule has 0 aromatic heterocycles. The van der Waals surface area contributed by atoms with Gasteiger partial charge in [-0.15, -0.1) is 0 Å². The molecular formula is C12H16O3. The molecule has 0 radical (unpaired) electrons. The Morgan fingerprint density at radius 1 is 1.13 bits per heavy atom. The lowest BCUT2D eigenvalue weighted by Gasteiger charge is -2.36. The summed E-state index contributed by atoms with van der Waals surface area (Å²) in [5, 5.41) is 20.2. The smallest absolute Gasteiger partial charge is 0.164 e. The second-order valence-electron chi connectivity index (χ2n) is 4.07. The molecule has 3 heteroatoms. The van der Waals surface area contributed by atoms with E-state index in [2.05, 4.69) is 0 Å². The summed E-state index contributed by atoms with van der Waals surface area (Å²) in [6.07, 6.45) is 0. The Kier molecular flexibility index (Phi) is 2.98. The van der Waals surface area contributed by atoms with E-state index in [1.807, 2.05) is 6.07 Å². The van der Waals surface area contributed by atoms with Crippen LogP contribution in [-0.2, 0) is 10.4 Å². The van der Waals surface area contributed by atoms with Crippen molar-refractivity contribution in [2.75, 3.05) is 0 Å². The molecular weight excluding hydrogens is 192 g/mol. The first kappa shape index (κ1) is 11.9. The van der Waals surface area contributed by atoms with Crippen LogP contribution in [0.5, 0.6) is 0 Å². The number of carbonyl (C=O) groups excluding carboxylic acids is 1. The molecule has 0 fully saturated rings. The van der Waals surface area contributed by atoms with Gasteiger partial charge in [-0.05, 0) is 26.3 Å². The molecule has 0 saturated heterocycles. The van der Waals surface area contributed by atoms with E-state index in [9.17, 15) is 15.0 Å². The van der Waals surface area contributed by atoms with E-state index < -0.39 is 17.0 Å². The van der Waals surface area contributed by atoms with Crippen molar-refractivity contribution >= 4 is 5.78 Å². The maximum absolute atomic E-state index is 11.3. The molecule has 82 valence electrons. The lowest BCUT2D eigenvalue weighted by Crippen LogP contribution is -2.52. The second kappa shape index (κ2) is 3.76. The van der Waals surface area contributed by atoms with Gasteiger partial charge < -0.3 is 10.2 Å². The Hall–Kier alpha value is -1.19. The predicted molar refractivity (Wildman–Crippen MR) is 57.3 cm³/mol. The fourth-order valence-electron chi connectivity index (χ4n) is 1.39. The van der Waals surface area contributed by atoms with Crippen LogP contribution >= 0.6 is 0 Å². The van der Waals surface area contributed by atoms with E-state index in [4.69, 9.17) is 0 Å². The Balaban J connectivity index is 3.19. The summed E-state index contributed by atoms with van der Waals surface area (Å²) < 4.78 is 0. The van der Waals surface area contributed by atoms with Crippen LogP contribution in [0.25, 0.3) is 0 Å². The molecule has 0 aliphatic carbocycles. The van der Waals surface area contributed by atoms with Gasteiger partial charge in [0.15, 0.2) is 11.4 Å². The number of hydrogen-bond acceptors (Lipinski definition) is 3. The monoisotopic (exact) mass is 208 g/mol. The van der Waals surface area contributed by atoms with Crippen LogP contribution in [0.1, 0.15) is 26.3 Å². The first-order valence-corrected chi connectivity index (χ1v) is 4.81. The number of hydrogen-bond donors (Lipinski definition) is 2. The number of ketones is 1. The lowest BCUT2D eigenvalue weighted by atomic mass is 9.78. The van der Waals surface area contributed by atoms with Crippen molar-refractivity contribution in [2.45, 2.75) is 32.0 Å². The Labute approximate surface area is 89.4 Å². The number of carbonyl (C=O) groups is 1. The molecule has 1 aromatic rings. The van der Waals surface area contributed by atoms with E-state index in [0.29, 0.717) is 5.56 Å². The minimum atomic E-state index is -1.78. The average molecular weight is 208 g/mol. The summed E-state index contributed by atoms with van der Waals surface area (Å²) >= 11 is 0. The van der Waals surface area contributed by atoms with Gasteiger partial charge in [0.25, 0.3) is 0 Å². The molecule has 2 atom stereocenters. The fourth-order valence-corrected chi connectivity index (χ4v) is 1.39. The normalized spacial score (nSPS) is 19.0. The van der Waals surface area contributed by atoms with Gasteiger partial charge >= 0.3 is 0 Å². The number of Topliss-reactive ketones (excluding diaryl/α,β-unsaturated/α-hetero) is 1. The maximum Gasteiger partial charge on any atom is 0.164 e. The summed E-state index contributed by atoms with van der Waals surface area (Å²) in [4.78, 5) is 11.3. The Morgan fingerprint density at radius 3 is 2.00 bits per heavy atom. The molecule has 2 N–H and O–H groups in total. The van der Waals surface area contributed by atoms with Gasteiger partial charge in [-0.3, -0.25) is 4.79 Å². The van der Waals surface area contributed by atoms with E-state index in [1.165, 1.54) is 20.8 Å². The number of aliphatic hydroxyl groups is 2. The first-order chi connectivity index (χ1) is 6.80. The zero-order valence-corrected chi connectivity index (χ0v) is 9.19. The number of rotatable bonds is 3. The molecule has 0 unspecified atom stereocenters. The van der Waals surface area contributed by atoms with Crippen LogP contribution in [0.3, 0.4) is 0 Å². The van der Waals surface area contributed by atoms with Gasteiger partial charge in [-0.25, -0.2) is 0 Å². The molecule has 0 heterocycles. The third-order valence-electron chi connectivity index (χ3n) is 2.97. The van der Waals surface area contributed by atoms with Crippen molar-refractivity contribution in [1.82, 2.24) is 0 Å². The molecule has 0 bridgehead atoms. The summed E-state index contributed by atoms with van der Waals surface area (Å²) in [5.74, 6) is -0.462. The van der Waals surface area contributed by atoms with E-state index in [-0.39, 0.29) is 0 Å². The maximum atomic E-state index is 11.3. The van der Waals surface area contributed by atoms with Crippen LogP contribution in [0.4, 0.5) is 0 Å². The molecule has 0 spiro atoms. The zero-order chi connectivity index (χ0) is 11.7. The molecule has 15 heavy (non-hydrogen) atoms. The minimum Gasteiger partial charge on any atom is -0.382 e. The third-order valence-corrected chi connectivity index (χ3v) is 2.97. The van der Waals surface area contributed by atoms with Crippen molar-refractivity contribution in [2.24, 2.45) is 0 Å². The summed E-state index contributed by atoms with van der Waals surface area (Å²) in [5.41, 5.74) is -2.85. The summed E-state index contributed by atoms with van der Waals surface area (Å²) in [7, 11) is 0. The fraction of sp³-hybridized carbons (Fsp3) is 0.417. The Bertz CT molecular complexity index is 352. The summed E-state index contributed by atoms with van der Waals surface area (Å²) in [6, 6.07) is 8.66. The second-order valence-corrected chi connectivity index (χ2v) is 4.07. The van der Waals surface area contributed by atoms with Crippen LogP contribution in [0.15, 0.2) is 30.3 Å². The largest absolute Gasteiger partial charge is 0.382 e. The van der Waals surface area contributed by atoms with Crippen molar-refractivity contribution < 1.29 is 15.0 Å². The highest BCUT2D eigenvalue weighted by Gasteiger charge is 2.46. The molecule has 3 nitrogen and oxygen atoms in total. The highest BCUT2D eigenvalue weighted by Crippen LogP contribution is 2.32. The van der Waals surface area contributed by atoms with Gasteiger partial charge in [0.1, 0.15) is 5.60 Å². The van der Waals surface area contributed by atoms with Crippen LogP contribution < -0.4 is 0 Å². The minimum absolute atomic E-state index is 0.462. The zero-order valence-electron chi connectivity index (χ0n) is 9.19. The van der Waals surface area contributed by atoms with E-state index >= 15 is 0 Å². The molecule has 1 aromatic carbocycles. The molecule has 0 amide bonds. The topological polar surface area (TPSA) is 57.5 Å². The van der Waals surface area contributed by atoms with E-state index in [0.717, 1.165) is 0 Å². The molecule has 0 saturated carbocycles. The van der Waals surface area contributed by atoms with Crippen LogP contribution in [-0.4, -0.2) is 21.6 Å². The number of benzene rings is 1. The van der Waals surface area contributed by atoms with Gasteiger partial charge in [0.05, 0.1) is 0 Å². The van der Waals surface area contributed by atoms with Crippen LogP contribution in [0.2, 0.25) is 0 Å². The SMILES string of the molecule is CC(=O)[C@@](C)(O)[C@](C)(O)c1ccccc1. The quantitative estimate of drug-likeness (QED) is 0.785. The van der Waals surface area contributed by atoms with Crippen molar-refractivity contribution in [3.05, 3.63) is 35.9 Å². The third kappa shape index (κ3) is 1.94. The van der Waals surface area contributed by atoms with Gasteiger partial charge in [0, 0.05) is 0 Å².